The molecule has 0 radical (unpaired) electrons. The van der Waals surface area contributed by atoms with Crippen LogP contribution in [-0.4, -0.2) is 17.0 Å². The number of oxime groups is 1. The number of carbonyl (C=O) groups is 1. The fourth-order valence-corrected chi connectivity index (χ4v) is 2.64. The third-order valence-corrected chi connectivity index (χ3v) is 3.86. The zero-order chi connectivity index (χ0) is 15.4. The molecule has 0 saturated heterocycles. The number of amidine groups is 1. The van der Waals surface area contributed by atoms with Crippen LogP contribution in [0.1, 0.15) is 15.9 Å². The lowest BCUT2D eigenvalue weighted by molar-refractivity contribution is 0.102. The summed E-state index contributed by atoms with van der Waals surface area (Å²) in [4.78, 5) is 12.1. The summed E-state index contributed by atoms with van der Waals surface area (Å²) in [5.41, 5.74) is 7.15. The summed E-state index contributed by atoms with van der Waals surface area (Å²) in [6.07, 6.45) is 0. The summed E-state index contributed by atoms with van der Waals surface area (Å²) in [7, 11) is 0. The first-order valence-electron chi connectivity index (χ1n) is 5.85. The van der Waals surface area contributed by atoms with Crippen molar-refractivity contribution in [1.29, 1.82) is 0 Å². The number of nitrogens with two attached hydrogens (primary N) is 1. The maximum atomic E-state index is 12.1. The summed E-state index contributed by atoms with van der Waals surface area (Å²) in [6, 6.07) is 11.6. The minimum Gasteiger partial charge on any atom is -0.409 e. The van der Waals surface area contributed by atoms with Crippen molar-refractivity contribution in [3.8, 4) is 0 Å². The molecule has 0 saturated carbocycles. The molecule has 0 atom stereocenters. The Morgan fingerprint density at radius 2 is 1.81 bits per heavy atom. The van der Waals surface area contributed by atoms with E-state index in [1.54, 1.807) is 42.5 Å². The Hall–Kier alpha value is -1.80. The number of amides is 1. The highest BCUT2D eigenvalue weighted by Crippen LogP contribution is 2.22. The molecule has 0 aliphatic rings. The summed E-state index contributed by atoms with van der Waals surface area (Å²) in [6.45, 7) is 0. The van der Waals surface area contributed by atoms with E-state index in [1.165, 1.54) is 0 Å². The minimum atomic E-state index is -0.249. The van der Waals surface area contributed by atoms with Crippen molar-refractivity contribution >= 4 is 51.6 Å². The maximum absolute atomic E-state index is 12.1. The first-order valence-corrected chi connectivity index (χ1v) is 7.31. The molecule has 108 valence electrons. The van der Waals surface area contributed by atoms with E-state index in [9.17, 15) is 4.79 Å². The average Bonchev–Trinajstić information content (AvgIpc) is 2.49. The van der Waals surface area contributed by atoms with Gasteiger partial charge < -0.3 is 16.3 Å². The third-order valence-electron chi connectivity index (χ3n) is 2.73. The number of halogens is 2. The highest BCUT2D eigenvalue weighted by Gasteiger charge is 2.09. The molecule has 0 spiro atoms. The van der Waals surface area contributed by atoms with Gasteiger partial charge in [0.25, 0.3) is 5.91 Å². The van der Waals surface area contributed by atoms with Crippen LogP contribution >= 0.6 is 34.2 Å². The van der Waals surface area contributed by atoms with Gasteiger partial charge in [-0.2, -0.15) is 0 Å². The Morgan fingerprint density at radius 1 is 1.19 bits per heavy atom. The predicted octanol–water partition coefficient (Wildman–Crippen LogP) is 3.29. The lowest BCUT2D eigenvalue weighted by Crippen LogP contribution is -2.15. The van der Waals surface area contributed by atoms with Gasteiger partial charge in [0.2, 0.25) is 0 Å². The van der Waals surface area contributed by atoms with Crippen molar-refractivity contribution in [3.05, 3.63) is 62.2 Å². The molecule has 0 aliphatic carbocycles. The SMILES string of the molecule is N/C(=N/O)c1ccc(C(=O)Nc2ccc(Cl)cc2I)cc1. The molecule has 1 amide bonds. The fourth-order valence-electron chi connectivity index (χ4n) is 1.64. The molecule has 0 aromatic heterocycles. The van der Waals surface area contributed by atoms with Crippen LogP contribution in [0.15, 0.2) is 47.6 Å². The standard InChI is InChI=1S/C14H11ClIN3O2/c15-10-5-6-12(11(16)7-10)18-14(20)9-3-1-8(2-4-9)13(17)19-21/h1-7,21H,(H2,17,19)(H,18,20). The van der Waals surface area contributed by atoms with Gasteiger partial charge in [-0.15, -0.1) is 0 Å². The number of nitrogens with one attached hydrogen (secondary N) is 1. The molecule has 2 aromatic carbocycles. The molecular weight excluding hydrogens is 405 g/mol. The van der Waals surface area contributed by atoms with Crippen LogP contribution in [0, 0.1) is 3.57 Å². The van der Waals surface area contributed by atoms with Crippen LogP contribution in [0.2, 0.25) is 5.02 Å². The quantitative estimate of drug-likeness (QED) is 0.236. The van der Waals surface area contributed by atoms with Crippen LogP contribution in [0.3, 0.4) is 0 Å². The number of hydrogen-bond acceptors (Lipinski definition) is 3. The molecule has 0 heterocycles. The second-order valence-corrected chi connectivity index (χ2v) is 5.74. The lowest BCUT2D eigenvalue weighted by atomic mass is 10.1. The molecule has 0 fully saturated rings. The highest BCUT2D eigenvalue weighted by atomic mass is 127. The number of hydrogen-bond donors (Lipinski definition) is 3. The second kappa shape index (κ2) is 6.77. The van der Waals surface area contributed by atoms with Gasteiger partial charge in [0, 0.05) is 19.7 Å². The number of carbonyl (C=O) groups excluding carboxylic acids is 1. The Balaban J connectivity index is 2.17. The minimum absolute atomic E-state index is 0.00536. The molecular formula is C14H11ClIN3O2. The van der Waals surface area contributed by atoms with E-state index >= 15 is 0 Å². The van der Waals surface area contributed by atoms with Crippen LogP contribution in [0.5, 0.6) is 0 Å². The first-order chi connectivity index (χ1) is 10.0. The van der Waals surface area contributed by atoms with Gasteiger partial charge in [-0.05, 0) is 52.9 Å². The van der Waals surface area contributed by atoms with Crippen LogP contribution < -0.4 is 11.1 Å². The van der Waals surface area contributed by atoms with Gasteiger partial charge >= 0.3 is 0 Å². The topological polar surface area (TPSA) is 87.7 Å². The van der Waals surface area contributed by atoms with Crippen molar-refractivity contribution < 1.29 is 10.0 Å². The highest BCUT2D eigenvalue weighted by molar-refractivity contribution is 14.1. The molecule has 0 bridgehead atoms. The van der Waals surface area contributed by atoms with E-state index in [0.29, 0.717) is 21.8 Å². The summed E-state index contributed by atoms with van der Waals surface area (Å²) >= 11 is 7.97. The normalized spacial score (nSPS) is 11.2. The number of rotatable bonds is 3. The summed E-state index contributed by atoms with van der Waals surface area (Å²) in [5, 5.41) is 14.9. The maximum Gasteiger partial charge on any atom is 0.255 e. The van der Waals surface area contributed by atoms with Crippen LogP contribution in [0.4, 0.5) is 5.69 Å². The van der Waals surface area contributed by atoms with Gasteiger partial charge in [0.1, 0.15) is 0 Å². The van der Waals surface area contributed by atoms with E-state index < -0.39 is 0 Å². The summed E-state index contributed by atoms with van der Waals surface area (Å²) < 4.78 is 0.849. The smallest absolute Gasteiger partial charge is 0.255 e. The number of anilines is 1. The Morgan fingerprint density at radius 3 is 2.38 bits per heavy atom. The van der Waals surface area contributed by atoms with E-state index in [0.717, 1.165) is 3.57 Å². The zero-order valence-electron chi connectivity index (χ0n) is 10.7. The van der Waals surface area contributed by atoms with Gasteiger partial charge in [-0.1, -0.05) is 28.9 Å². The van der Waals surface area contributed by atoms with Gasteiger partial charge in [0.15, 0.2) is 5.84 Å². The van der Waals surface area contributed by atoms with E-state index in [2.05, 4.69) is 33.1 Å². The van der Waals surface area contributed by atoms with E-state index in [4.69, 9.17) is 22.5 Å². The Labute approximate surface area is 139 Å². The Bertz CT molecular complexity index is 702. The average molecular weight is 416 g/mol. The van der Waals surface area contributed by atoms with Crippen molar-refractivity contribution in [2.75, 3.05) is 5.32 Å². The lowest BCUT2D eigenvalue weighted by Gasteiger charge is -2.08. The molecule has 0 unspecified atom stereocenters. The molecule has 5 nitrogen and oxygen atoms in total. The van der Waals surface area contributed by atoms with E-state index in [1.807, 2.05) is 0 Å². The van der Waals surface area contributed by atoms with Crippen molar-refractivity contribution in [1.82, 2.24) is 0 Å². The first kappa shape index (κ1) is 15.6. The van der Waals surface area contributed by atoms with Crippen LogP contribution in [0.25, 0.3) is 0 Å². The molecule has 0 aliphatic heterocycles. The van der Waals surface area contributed by atoms with Gasteiger partial charge in [-0.3, -0.25) is 4.79 Å². The monoisotopic (exact) mass is 415 g/mol. The largest absolute Gasteiger partial charge is 0.409 e. The number of benzene rings is 2. The fraction of sp³-hybridized carbons (Fsp3) is 0. The number of nitrogens with zero attached hydrogens (tertiary/aromatic N) is 1. The van der Waals surface area contributed by atoms with E-state index in [-0.39, 0.29) is 11.7 Å². The molecule has 2 aromatic rings. The van der Waals surface area contributed by atoms with Crippen molar-refractivity contribution in [2.24, 2.45) is 10.9 Å². The molecule has 2 rings (SSSR count). The van der Waals surface area contributed by atoms with Crippen molar-refractivity contribution in [3.63, 3.8) is 0 Å². The predicted molar refractivity (Wildman–Crippen MR) is 91.1 cm³/mol. The zero-order valence-corrected chi connectivity index (χ0v) is 13.6. The molecule has 21 heavy (non-hydrogen) atoms. The Kier molecular flexibility index (Phi) is 5.03. The van der Waals surface area contributed by atoms with Crippen molar-refractivity contribution in [2.45, 2.75) is 0 Å². The van der Waals surface area contributed by atoms with Gasteiger partial charge in [-0.25, -0.2) is 0 Å². The van der Waals surface area contributed by atoms with Crippen LogP contribution in [-0.2, 0) is 0 Å². The second-order valence-electron chi connectivity index (χ2n) is 4.14. The summed E-state index contributed by atoms with van der Waals surface area (Å²) in [5.74, 6) is -0.254. The van der Waals surface area contributed by atoms with Gasteiger partial charge in [0.05, 0.1) is 5.69 Å². The third kappa shape index (κ3) is 3.85. The molecule has 4 N–H and O–H groups in total. The molecule has 7 heteroatoms.